The highest BCUT2D eigenvalue weighted by atomic mass is 19.4. The molecule has 30 heavy (non-hydrogen) atoms. The van der Waals surface area contributed by atoms with Crippen LogP contribution in [0.1, 0.15) is 22.8 Å². The molecular formula is C22H25F3O5. The molecule has 1 unspecified atom stereocenters. The summed E-state index contributed by atoms with van der Waals surface area (Å²) in [7, 11) is 4.56. The van der Waals surface area contributed by atoms with Crippen molar-refractivity contribution < 1.29 is 37.2 Å². The van der Waals surface area contributed by atoms with E-state index < -0.39 is 17.8 Å². The van der Waals surface area contributed by atoms with Crippen LogP contribution in [-0.2, 0) is 17.3 Å². The summed E-state index contributed by atoms with van der Waals surface area (Å²) >= 11 is 0. The van der Waals surface area contributed by atoms with Gasteiger partial charge in [-0.1, -0.05) is 12.1 Å². The number of rotatable bonds is 7. The van der Waals surface area contributed by atoms with Crippen LogP contribution < -0.4 is 14.2 Å². The Hall–Kier alpha value is -2.45. The van der Waals surface area contributed by atoms with Crippen LogP contribution in [0.5, 0.6) is 17.2 Å². The smallest absolute Gasteiger partial charge is 0.416 e. The summed E-state index contributed by atoms with van der Waals surface area (Å²) in [4.78, 5) is 0. The molecule has 1 heterocycles. The molecule has 1 fully saturated rings. The van der Waals surface area contributed by atoms with E-state index in [-0.39, 0.29) is 18.4 Å². The second-order valence-electron chi connectivity index (χ2n) is 7.22. The fourth-order valence-electron chi connectivity index (χ4n) is 3.92. The highest BCUT2D eigenvalue weighted by Crippen LogP contribution is 2.45. The van der Waals surface area contributed by atoms with Crippen LogP contribution in [0, 0.1) is 11.8 Å². The SMILES string of the molecule is COc1cc(C2OC[C@H](Cc3ccc(C(F)(F)F)cc3)[C@@H]2CO)cc(OC)c1OC. The molecule has 1 aliphatic rings. The molecule has 2 aromatic carbocycles. The maximum absolute atomic E-state index is 12.8. The Morgan fingerprint density at radius 2 is 1.60 bits per heavy atom. The molecule has 0 aliphatic carbocycles. The molecule has 8 heteroatoms. The van der Waals surface area contributed by atoms with Crippen molar-refractivity contribution in [2.45, 2.75) is 18.7 Å². The van der Waals surface area contributed by atoms with Gasteiger partial charge in [-0.2, -0.15) is 13.2 Å². The van der Waals surface area contributed by atoms with Crippen LogP contribution in [0.2, 0.25) is 0 Å². The van der Waals surface area contributed by atoms with Gasteiger partial charge in [0, 0.05) is 12.5 Å². The first kappa shape index (κ1) is 22.2. The molecule has 1 aliphatic heterocycles. The molecule has 1 saturated heterocycles. The highest BCUT2D eigenvalue weighted by molar-refractivity contribution is 5.54. The number of methoxy groups -OCH3 is 3. The van der Waals surface area contributed by atoms with Gasteiger partial charge in [0.05, 0.1) is 39.6 Å². The average molecular weight is 426 g/mol. The van der Waals surface area contributed by atoms with Crippen LogP contribution in [0.4, 0.5) is 13.2 Å². The van der Waals surface area contributed by atoms with Gasteiger partial charge in [-0.3, -0.25) is 0 Å². The Kier molecular flexibility index (Phi) is 6.77. The minimum Gasteiger partial charge on any atom is -0.493 e. The molecule has 0 amide bonds. The number of hydrogen-bond donors (Lipinski definition) is 1. The molecular weight excluding hydrogens is 401 g/mol. The van der Waals surface area contributed by atoms with E-state index in [1.165, 1.54) is 33.5 Å². The second-order valence-corrected chi connectivity index (χ2v) is 7.22. The zero-order valence-corrected chi connectivity index (χ0v) is 17.0. The number of halogens is 3. The van der Waals surface area contributed by atoms with Crippen molar-refractivity contribution in [1.29, 1.82) is 0 Å². The summed E-state index contributed by atoms with van der Waals surface area (Å²) in [6.07, 6.45) is -4.26. The maximum atomic E-state index is 12.8. The molecule has 3 rings (SSSR count). The first-order valence-electron chi connectivity index (χ1n) is 9.50. The lowest BCUT2D eigenvalue weighted by Crippen LogP contribution is -2.21. The molecule has 2 aromatic rings. The van der Waals surface area contributed by atoms with Crippen LogP contribution >= 0.6 is 0 Å². The summed E-state index contributed by atoms with van der Waals surface area (Å²) in [5.74, 6) is 1.16. The third-order valence-corrected chi connectivity index (χ3v) is 5.49. The number of benzene rings is 2. The van der Waals surface area contributed by atoms with Crippen molar-refractivity contribution in [2.24, 2.45) is 11.8 Å². The van der Waals surface area contributed by atoms with Gasteiger partial charge < -0.3 is 24.1 Å². The number of ether oxygens (including phenoxy) is 4. The summed E-state index contributed by atoms with van der Waals surface area (Å²) in [6, 6.07) is 8.68. The van der Waals surface area contributed by atoms with E-state index >= 15 is 0 Å². The maximum Gasteiger partial charge on any atom is 0.416 e. The summed E-state index contributed by atoms with van der Waals surface area (Å²) in [6.45, 7) is 0.264. The van der Waals surface area contributed by atoms with Gasteiger partial charge in [0.2, 0.25) is 5.75 Å². The Balaban J connectivity index is 1.81. The Morgan fingerprint density at radius 1 is 1.00 bits per heavy atom. The fraction of sp³-hybridized carbons (Fsp3) is 0.455. The molecule has 0 spiro atoms. The van der Waals surface area contributed by atoms with Crippen LogP contribution in [0.3, 0.4) is 0 Å². The van der Waals surface area contributed by atoms with Crippen LogP contribution in [-0.4, -0.2) is 39.6 Å². The minimum absolute atomic E-state index is 0.0455. The quantitative estimate of drug-likeness (QED) is 0.717. The molecule has 0 bridgehead atoms. The van der Waals surface area contributed by atoms with E-state index in [1.807, 2.05) is 0 Å². The fourth-order valence-corrected chi connectivity index (χ4v) is 3.92. The third kappa shape index (κ3) is 4.49. The monoisotopic (exact) mass is 426 g/mol. The van der Waals surface area contributed by atoms with Gasteiger partial charge in [-0.05, 0) is 47.7 Å². The molecule has 3 atom stereocenters. The van der Waals surface area contributed by atoms with Gasteiger partial charge in [-0.15, -0.1) is 0 Å². The van der Waals surface area contributed by atoms with Crippen molar-refractivity contribution in [2.75, 3.05) is 34.5 Å². The standard InChI is InChI=1S/C22H25F3O5/c1-27-18-9-14(10-19(28-2)21(18)29-3)20-17(11-26)15(12-30-20)8-13-4-6-16(7-5-13)22(23,24)25/h4-7,9-10,15,17,20,26H,8,11-12H2,1-3H3/t15-,17-,20?/m0/s1. The van der Waals surface area contributed by atoms with Gasteiger partial charge >= 0.3 is 6.18 Å². The van der Waals surface area contributed by atoms with E-state index in [0.29, 0.717) is 30.3 Å². The first-order valence-corrected chi connectivity index (χ1v) is 9.50. The molecule has 0 aromatic heterocycles. The normalized spacial score (nSPS) is 21.5. The highest BCUT2D eigenvalue weighted by Gasteiger charge is 2.38. The second kappa shape index (κ2) is 9.14. The minimum atomic E-state index is -4.36. The van der Waals surface area contributed by atoms with E-state index in [2.05, 4.69) is 0 Å². The molecule has 164 valence electrons. The summed E-state index contributed by atoms with van der Waals surface area (Å²) in [5, 5.41) is 10.0. The lowest BCUT2D eigenvalue weighted by molar-refractivity contribution is -0.137. The topological polar surface area (TPSA) is 57.2 Å². The number of hydrogen-bond acceptors (Lipinski definition) is 5. The van der Waals surface area contributed by atoms with Gasteiger partial charge in [0.25, 0.3) is 0 Å². The van der Waals surface area contributed by atoms with Crippen molar-refractivity contribution >= 4 is 0 Å². The summed E-state index contributed by atoms with van der Waals surface area (Å²) < 4.78 is 60.4. The molecule has 0 saturated carbocycles. The predicted octanol–water partition coefficient (Wildman–Crippen LogP) is 4.27. The predicted molar refractivity (Wildman–Crippen MR) is 104 cm³/mol. The van der Waals surface area contributed by atoms with E-state index in [0.717, 1.165) is 23.3 Å². The first-order chi connectivity index (χ1) is 14.3. The summed E-state index contributed by atoms with van der Waals surface area (Å²) in [5.41, 5.74) is 0.863. The van der Waals surface area contributed by atoms with Gasteiger partial charge in [0.15, 0.2) is 11.5 Å². The van der Waals surface area contributed by atoms with E-state index in [9.17, 15) is 18.3 Å². The van der Waals surface area contributed by atoms with Crippen molar-refractivity contribution in [3.8, 4) is 17.2 Å². The number of aliphatic hydroxyl groups excluding tert-OH is 1. The molecule has 5 nitrogen and oxygen atoms in total. The van der Waals surface area contributed by atoms with Gasteiger partial charge in [-0.25, -0.2) is 0 Å². The van der Waals surface area contributed by atoms with Gasteiger partial charge in [0.1, 0.15) is 0 Å². The average Bonchev–Trinajstić information content (AvgIpc) is 3.14. The van der Waals surface area contributed by atoms with Crippen molar-refractivity contribution in [3.05, 3.63) is 53.1 Å². The van der Waals surface area contributed by atoms with Crippen LogP contribution in [0.25, 0.3) is 0 Å². The van der Waals surface area contributed by atoms with E-state index in [1.54, 1.807) is 12.1 Å². The zero-order valence-electron chi connectivity index (χ0n) is 17.0. The third-order valence-electron chi connectivity index (χ3n) is 5.49. The van der Waals surface area contributed by atoms with Crippen molar-refractivity contribution in [1.82, 2.24) is 0 Å². The lowest BCUT2D eigenvalue weighted by Gasteiger charge is -2.23. The van der Waals surface area contributed by atoms with E-state index in [4.69, 9.17) is 18.9 Å². The van der Waals surface area contributed by atoms with Crippen LogP contribution in [0.15, 0.2) is 36.4 Å². The Morgan fingerprint density at radius 3 is 2.07 bits per heavy atom. The zero-order chi connectivity index (χ0) is 21.9. The molecule has 0 radical (unpaired) electrons. The Labute approximate surface area is 173 Å². The molecule has 1 N–H and O–H groups in total. The van der Waals surface area contributed by atoms with Crippen molar-refractivity contribution in [3.63, 3.8) is 0 Å². The largest absolute Gasteiger partial charge is 0.493 e. The lowest BCUT2D eigenvalue weighted by atomic mass is 9.84. The Bertz CT molecular complexity index is 826. The number of aliphatic hydroxyl groups is 1. The number of alkyl halides is 3.